The zero-order chi connectivity index (χ0) is 44.7. The smallest absolute Gasteiger partial charge is 0.473 e. The third kappa shape index (κ3) is 18.3. The molecule has 0 radical (unpaired) electrons. The molecule has 60 heavy (non-hydrogen) atoms. The molecule has 0 unspecified atom stereocenters. The predicted octanol–water partition coefficient (Wildman–Crippen LogP) is 7.49. The predicted molar refractivity (Wildman–Crippen MR) is 219 cm³/mol. The molecule has 1 aromatic heterocycles. The van der Waals surface area contributed by atoms with Crippen LogP contribution < -0.4 is 21.0 Å². The van der Waals surface area contributed by atoms with Gasteiger partial charge in [-0.25, -0.2) is 14.4 Å². The van der Waals surface area contributed by atoms with Crippen molar-refractivity contribution in [3.8, 4) is 5.75 Å². The third-order valence-corrected chi connectivity index (χ3v) is 8.10. The van der Waals surface area contributed by atoms with Crippen LogP contribution in [0.15, 0.2) is 51.6 Å². The summed E-state index contributed by atoms with van der Waals surface area (Å²) in [5, 5.41) is 5.39. The molecule has 0 bridgehead atoms. The number of hydrogen-bond acceptors (Lipinski definition) is 9. The van der Waals surface area contributed by atoms with Crippen molar-refractivity contribution in [1.29, 1.82) is 0 Å². The number of benzene rings is 1. The first-order chi connectivity index (χ1) is 27.9. The van der Waals surface area contributed by atoms with E-state index < -0.39 is 47.2 Å². The minimum absolute atomic E-state index is 0.0714. The van der Waals surface area contributed by atoms with E-state index in [0.717, 1.165) is 25.7 Å². The lowest BCUT2D eigenvalue weighted by molar-refractivity contribution is -0.169. The van der Waals surface area contributed by atoms with Gasteiger partial charge in [0.15, 0.2) is 0 Å². The zero-order valence-electron chi connectivity index (χ0n) is 36.2. The summed E-state index contributed by atoms with van der Waals surface area (Å²) in [5.41, 5.74) is -1.62. The zero-order valence-corrected chi connectivity index (χ0v) is 36.2. The topological polar surface area (TPSA) is 179 Å². The van der Waals surface area contributed by atoms with Gasteiger partial charge in [0.1, 0.15) is 35.0 Å². The number of rotatable bonds is 14. The van der Waals surface area contributed by atoms with Crippen LogP contribution in [0.4, 0.5) is 27.6 Å². The molecule has 2 N–H and O–H groups in total. The molecule has 3 rings (SSSR count). The Balaban J connectivity index is 1.52. The lowest BCUT2D eigenvalue weighted by atomic mass is 10.1. The molecule has 334 valence electrons. The standard InChI is InChI=1S/C41H61F3N8O8/c1-38(2,3)58-35(54)48-33(49-36(55)59-39(4,5)6)46-21-14-12-10-11-13-15-23-50-25-26-51(34(50)47-32(53)41(42,43)44)27-28-57-30-19-17-29(18-20-30)31-45-22-16-24-52(31)37(56)60-40(7,8)9/h17-20,25-26H,10-16,21-24,27-28H2,1-9H3,(H2,46,48,49,54,55)/b47-34+. The maximum Gasteiger partial charge on any atom is 0.473 e. The molecule has 2 aromatic rings. The largest absolute Gasteiger partial charge is 0.492 e. The number of unbranched alkanes of at least 4 members (excludes halogenated alkanes) is 5. The number of halogens is 3. The summed E-state index contributed by atoms with van der Waals surface area (Å²) in [6, 6.07) is 6.97. The Kier molecular flexibility index (Phi) is 17.8. The molecule has 2 heterocycles. The Labute approximate surface area is 349 Å². The van der Waals surface area contributed by atoms with Gasteiger partial charge in [-0.05, 0) is 106 Å². The normalized spacial score (nSPS) is 14.3. The van der Waals surface area contributed by atoms with E-state index in [0.29, 0.717) is 62.6 Å². The second-order valence-corrected chi connectivity index (χ2v) is 17.1. The number of amidine groups is 1. The maximum absolute atomic E-state index is 13.3. The lowest BCUT2D eigenvalue weighted by Crippen LogP contribution is -2.44. The average Bonchev–Trinajstić information content (AvgIpc) is 3.48. The molecule has 0 atom stereocenters. The van der Waals surface area contributed by atoms with Crippen LogP contribution in [-0.2, 0) is 32.1 Å². The fraction of sp³-hybridized carbons (Fsp3) is 0.634. The summed E-state index contributed by atoms with van der Waals surface area (Å²) >= 11 is 0. The lowest BCUT2D eigenvalue weighted by Gasteiger charge is -2.30. The number of guanidine groups is 1. The van der Waals surface area contributed by atoms with Gasteiger partial charge in [0.25, 0.3) is 0 Å². The number of alkyl carbamates (subject to hydrolysis) is 1. The molecule has 4 amide bonds. The van der Waals surface area contributed by atoms with Gasteiger partial charge in [-0.3, -0.25) is 20.0 Å². The van der Waals surface area contributed by atoms with Crippen molar-refractivity contribution in [1.82, 2.24) is 24.7 Å². The highest BCUT2D eigenvalue weighted by atomic mass is 19.4. The van der Waals surface area contributed by atoms with Crippen LogP contribution >= 0.6 is 0 Å². The number of carbonyl (C=O) groups is 4. The molecule has 16 nitrogen and oxygen atoms in total. The number of carbonyl (C=O) groups excluding carboxylic acids is 4. The quantitative estimate of drug-likeness (QED) is 0.0843. The molecule has 1 aromatic carbocycles. The molecule has 0 saturated carbocycles. The first-order valence-corrected chi connectivity index (χ1v) is 20.2. The molecular weight excluding hydrogens is 789 g/mol. The van der Waals surface area contributed by atoms with Crippen molar-refractivity contribution in [2.24, 2.45) is 15.0 Å². The monoisotopic (exact) mass is 850 g/mol. The fourth-order valence-electron chi connectivity index (χ4n) is 5.61. The number of nitrogens with one attached hydrogen (secondary N) is 2. The van der Waals surface area contributed by atoms with Gasteiger partial charge in [-0.2, -0.15) is 18.2 Å². The van der Waals surface area contributed by atoms with Crippen molar-refractivity contribution in [3.63, 3.8) is 0 Å². The number of aromatic nitrogens is 2. The first kappa shape index (κ1) is 49.0. The number of aryl methyl sites for hydroxylation is 1. The van der Waals surface area contributed by atoms with Gasteiger partial charge >= 0.3 is 30.4 Å². The number of ether oxygens (including phenoxy) is 4. The van der Waals surface area contributed by atoms with E-state index in [1.807, 2.05) is 0 Å². The summed E-state index contributed by atoms with van der Waals surface area (Å²) in [6.07, 6.45) is 1.19. The van der Waals surface area contributed by atoms with Crippen molar-refractivity contribution < 1.29 is 51.3 Å². The second kappa shape index (κ2) is 21.8. The Morgan fingerprint density at radius 2 is 1.35 bits per heavy atom. The molecule has 0 spiro atoms. The van der Waals surface area contributed by atoms with Gasteiger partial charge in [-0.1, -0.05) is 25.7 Å². The average molecular weight is 851 g/mol. The first-order valence-electron chi connectivity index (χ1n) is 20.2. The van der Waals surface area contributed by atoms with E-state index in [1.54, 1.807) is 99.0 Å². The molecule has 0 aliphatic carbocycles. The number of imidazole rings is 1. The van der Waals surface area contributed by atoms with E-state index in [2.05, 4.69) is 25.6 Å². The van der Waals surface area contributed by atoms with Crippen LogP contribution in [0.25, 0.3) is 0 Å². The molecule has 1 aliphatic rings. The third-order valence-electron chi connectivity index (χ3n) is 8.10. The Morgan fingerprint density at radius 3 is 1.95 bits per heavy atom. The minimum Gasteiger partial charge on any atom is -0.492 e. The number of hydrogen-bond donors (Lipinski definition) is 2. The van der Waals surface area contributed by atoms with Crippen LogP contribution in [0.1, 0.15) is 113 Å². The Morgan fingerprint density at radius 1 is 0.767 bits per heavy atom. The number of aliphatic imine (C=N–C) groups is 2. The molecular formula is C41H61F3N8O8. The van der Waals surface area contributed by atoms with E-state index in [1.165, 1.54) is 14.0 Å². The summed E-state index contributed by atoms with van der Waals surface area (Å²) in [5.74, 6) is -1.30. The number of amides is 4. The summed E-state index contributed by atoms with van der Waals surface area (Å²) in [4.78, 5) is 62.6. The van der Waals surface area contributed by atoms with Gasteiger partial charge in [-0.15, -0.1) is 4.99 Å². The summed E-state index contributed by atoms with van der Waals surface area (Å²) in [6.45, 7) is 17.6. The molecule has 1 aliphatic heterocycles. The maximum atomic E-state index is 13.3. The fourth-order valence-corrected chi connectivity index (χ4v) is 5.61. The van der Waals surface area contributed by atoms with Crippen LogP contribution in [0, 0.1) is 0 Å². The Hall–Kier alpha value is -5.36. The van der Waals surface area contributed by atoms with Crippen molar-refractivity contribution in [3.05, 3.63) is 47.8 Å². The van der Waals surface area contributed by atoms with Gasteiger partial charge in [0.05, 0.1) is 6.54 Å². The summed E-state index contributed by atoms with van der Waals surface area (Å²) in [7, 11) is 0. The van der Waals surface area contributed by atoms with Crippen molar-refractivity contribution in [2.45, 2.75) is 143 Å². The van der Waals surface area contributed by atoms with Crippen LogP contribution in [0.3, 0.4) is 0 Å². The van der Waals surface area contributed by atoms with Gasteiger partial charge in [0.2, 0.25) is 11.6 Å². The van der Waals surface area contributed by atoms with Crippen molar-refractivity contribution >= 4 is 36.0 Å². The van der Waals surface area contributed by atoms with E-state index in [4.69, 9.17) is 18.9 Å². The molecule has 19 heteroatoms. The molecule has 0 fully saturated rings. The van der Waals surface area contributed by atoms with Gasteiger partial charge < -0.3 is 33.4 Å². The number of alkyl halides is 3. The van der Waals surface area contributed by atoms with Gasteiger partial charge in [0, 0.05) is 44.1 Å². The molecule has 0 saturated heterocycles. The Bertz CT molecular complexity index is 1880. The van der Waals surface area contributed by atoms with Crippen molar-refractivity contribution in [2.75, 3.05) is 26.2 Å². The van der Waals surface area contributed by atoms with E-state index >= 15 is 0 Å². The van der Waals surface area contributed by atoms with Crippen LogP contribution in [0.2, 0.25) is 0 Å². The second-order valence-electron chi connectivity index (χ2n) is 17.1. The summed E-state index contributed by atoms with van der Waals surface area (Å²) < 4.78 is 64.7. The highest BCUT2D eigenvalue weighted by molar-refractivity contribution is 6.07. The highest BCUT2D eigenvalue weighted by Crippen LogP contribution is 2.20. The van der Waals surface area contributed by atoms with Crippen LogP contribution in [0.5, 0.6) is 5.75 Å². The minimum atomic E-state index is -5.13. The highest BCUT2D eigenvalue weighted by Gasteiger charge is 2.39. The van der Waals surface area contributed by atoms with Crippen LogP contribution in [-0.4, -0.2) is 99.2 Å². The SMILES string of the molecule is CC(C)(C)OC(=O)/N=C(/NCCCCCCCCn1ccn(CCOc2ccc(C3=NCCCN3C(=O)OC(C)(C)C)cc2)/c1=N/C(=O)C(F)(F)F)NC(=O)OC(C)(C)C. The van der Waals surface area contributed by atoms with E-state index in [-0.39, 0.29) is 24.7 Å². The van der Waals surface area contributed by atoms with E-state index in [9.17, 15) is 32.3 Å². The number of nitrogens with zero attached hydrogens (tertiary/aromatic N) is 6.